The Kier molecular flexibility index (Phi) is 5.76. The van der Waals surface area contributed by atoms with Crippen molar-refractivity contribution in [3.8, 4) is 0 Å². The van der Waals surface area contributed by atoms with Crippen molar-refractivity contribution < 1.29 is 9.90 Å². The molecule has 0 aliphatic rings. The minimum Gasteiger partial charge on any atom is -0.395 e. The van der Waals surface area contributed by atoms with Crippen molar-refractivity contribution in [2.45, 2.75) is 12.3 Å². The molecule has 0 fully saturated rings. The number of carbonyl (C=O) groups excluding carboxylic acids is 1. The molecular formula is C8H14ClNO2. The fourth-order valence-electron chi connectivity index (χ4n) is 0.820. The molecule has 3 nitrogen and oxygen atoms in total. The van der Waals surface area contributed by atoms with Crippen molar-refractivity contribution in [3.05, 3.63) is 12.7 Å². The molecule has 0 heterocycles. The third kappa shape index (κ3) is 3.74. The van der Waals surface area contributed by atoms with Crippen molar-refractivity contribution >= 4 is 17.5 Å². The van der Waals surface area contributed by atoms with Crippen LogP contribution in [0.3, 0.4) is 0 Å². The van der Waals surface area contributed by atoms with Crippen LogP contribution in [-0.4, -0.2) is 41.0 Å². The molecule has 0 radical (unpaired) electrons. The average Bonchev–Trinajstić information content (AvgIpc) is 2.03. The zero-order valence-corrected chi connectivity index (χ0v) is 7.92. The highest BCUT2D eigenvalue weighted by molar-refractivity contribution is 6.30. The van der Waals surface area contributed by atoms with E-state index in [0.717, 1.165) is 0 Å². The predicted molar refractivity (Wildman–Crippen MR) is 49.2 cm³/mol. The van der Waals surface area contributed by atoms with E-state index in [4.69, 9.17) is 16.7 Å². The van der Waals surface area contributed by atoms with Crippen LogP contribution in [-0.2, 0) is 4.79 Å². The predicted octanol–water partition coefficient (Wildman–Crippen LogP) is 0.621. The number of alkyl halides is 1. The molecule has 1 atom stereocenters. The molecule has 0 aliphatic carbocycles. The van der Waals surface area contributed by atoms with E-state index in [9.17, 15) is 4.79 Å². The smallest absolute Gasteiger partial charge is 0.240 e. The van der Waals surface area contributed by atoms with E-state index in [1.165, 1.54) is 4.90 Å². The number of carbonyl (C=O) groups is 1. The molecule has 1 amide bonds. The van der Waals surface area contributed by atoms with E-state index in [1.807, 2.05) is 0 Å². The Bertz CT molecular complexity index is 159. The average molecular weight is 192 g/mol. The van der Waals surface area contributed by atoms with Crippen molar-refractivity contribution in [2.24, 2.45) is 0 Å². The van der Waals surface area contributed by atoms with Crippen LogP contribution in [0.25, 0.3) is 0 Å². The van der Waals surface area contributed by atoms with Gasteiger partial charge in [-0.05, 0) is 6.92 Å². The Labute approximate surface area is 77.6 Å². The van der Waals surface area contributed by atoms with Crippen molar-refractivity contribution in [3.63, 3.8) is 0 Å². The topological polar surface area (TPSA) is 40.5 Å². The minimum absolute atomic E-state index is 0.0524. The second kappa shape index (κ2) is 6.03. The molecule has 0 spiro atoms. The van der Waals surface area contributed by atoms with E-state index >= 15 is 0 Å². The fourth-order valence-corrected chi connectivity index (χ4v) is 0.958. The molecule has 0 aromatic carbocycles. The molecule has 0 aromatic rings. The first-order valence-corrected chi connectivity index (χ1v) is 4.21. The van der Waals surface area contributed by atoms with E-state index < -0.39 is 5.38 Å². The highest BCUT2D eigenvalue weighted by atomic mass is 35.5. The van der Waals surface area contributed by atoms with Crippen LogP contribution in [0.2, 0.25) is 0 Å². The molecule has 0 bridgehead atoms. The highest BCUT2D eigenvalue weighted by Gasteiger charge is 2.16. The van der Waals surface area contributed by atoms with Crippen molar-refractivity contribution in [1.82, 2.24) is 4.90 Å². The van der Waals surface area contributed by atoms with Crippen LogP contribution in [0.15, 0.2) is 12.7 Å². The van der Waals surface area contributed by atoms with Crippen LogP contribution in [0, 0.1) is 0 Å². The lowest BCUT2D eigenvalue weighted by molar-refractivity contribution is -0.130. The van der Waals surface area contributed by atoms with Crippen LogP contribution >= 0.6 is 11.6 Å². The van der Waals surface area contributed by atoms with Gasteiger partial charge in [0.1, 0.15) is 5.38 Å². The van der Waals surface area contributed by atoms with Crippen LogP contribution in [0.4, 0.5) is 0 Å². The number of aliphatic hydroxyl groups is 1. The number of rotatable bonds is 5. The van der Waals surface area contributed by atoms with Gasteiger partial charge in [0.25, 0.3) is 0 Å². The quantitative estimate of drug-likeness (QED) is 0.511. The minimum atomic E-state index is -0.545. The zero-order chi connectivity index (χ0) is 9.56. The summed E-state index contributed by atoms with van der Waals surface area (Å²) >= 11 is 5.59. The van der Waals surface area contributed by atoms with Gasteiger partial charge in [0, 0.05) is 13.1 Å². The van der Waals surface area contributed by atoms with Gasteiger partial charge in [-0.2, -0.15) is 0 Å². The molecule has 1 unspecified atom stereocenters. The van der Waals surface area contributed by atoms with Gasteiger partial charge in [-0.3, -0.25) is 4.79 Å². The molecule has 12 heavy (non-hydrogen) atoms. The van der Waals surface area contributed by atoms with Crippen LogP contribution < -0.4 is 0 Å². The first kappa shape index (κ1) is 11.5. The van der Waals surface area contributed by atoms with Gasteiger partial charge in [-0.25, -0.2) is 0 Å². The molecule has 1 N–H and O–H groups in total. The molecule has 4 heteroatoms. The van der Waals surface area contributed by atoms with Crippen LogP contribution in [0.1, 0.15) is 6.92 Å². The van der Waals surface area contributed by atoms with Gasteiger partial charge >= 0.3 is 0 Å². The summed E-state index contributed by atoms with van der Waals surface area (Å²) < 4.78 is 0. The van der Waals surface area contributed by atoms with E-state index in [2.05, 4.69) is 6.58 Å². The van der Waals surface area contributed by atoms with Gasteiger partial charge < -0.3 is 10.0 Å². The maximum Gasteiger partial charge on any atom is 0.240 e. The second-order valence-corrected chi connectivity index (χ2v) is 3.07. The normalized spacial score (nSPS) is 12.2. The summed E-state index contributed by atoms with van der Waals surface area (Å²) in [5.74, 6) is -0.175. The summed E-state index contributed by atoms with van der Waals surface area (Å²) in [4.78, 5) is 12.7. The van der Waals surface area contributed by atoms with Gasteiger partial charge in [0.05, 0.1) is 6.61 Å². The lowest BCUT2D eigenvalue weighted by atomic mass is 10.3. The maximum absolute atomic E-state index is 11.3. The SMILES string of the molecule is C=CCN(CCO)C(=O)C(C)Cl. The molecule has 0 saturated carbocycles. The monoisotopic (exact) mass is 191 g/mol. The zero-order valence-electron chi connectivity index (χ0n) is 7.16. The van der Waals surface area contributed by atoms with Gasteiger partial charge in [-0.1, -0.05) is 6.08 Å². The molecular weight excluding hydrogens is 178 g/mol. The third-order valence-electron chi connectivity index (χ3n) is 1.37. The number of hydrogen-bond acceptors (Lipinski definition) is 2. The van der Waals surface area contributed by atoms with E-state index in [1.54, 1.807) is 13.0 Å². The molecule has 0 aromatic heterocycles. The van der Waals surface area contributed by atoms with Crippen LogP contribution in [0.5, 0.6) is 0 Å². The molecule has 70 valence electrons. The molecule has 0 saturated heterocycles. The Morgan fingerprint density at radius 1 is 1.83 bits per heavy atom. The van der Waals surface area contributed by atoms with Gasteiger partial charge in [0.2, 0.25) is 5.91 Å². The third-order valence-corrected chi connectivity index (χ3v) is 1.56. The number of hydrogen-bond donors (Lipinski definition) is 1. The lowest BCUT2D eigenvalue weighted by Gasteiger charge is -2.20. The van der Waals surface area contributed by atoms with Crippen molar-refractivity contribution in [2.75, 3.05) is 19.7 Å². The summed E-state index contributed by atoms with van der Waals surface area (Å²) in [6.45, 7) is 5.80. The second-order valence-electron chi connectivity index (χ2n) is 2.41. The summed E-state index contributed by atoms with van der Waals surface area (Å²) in [5, 5.41) is 8.08. The highest BCUT2D eigenvalue weighted by Crippen LogP contribution is 2.01. The Morgan fingerprint density at radius 2 is 2.42 bits per heavy atom. The summed E-state index contributed by atoms with van der Waals surface area (Å²) in [6.07, 6.45) is 1.60. The maximum atomic E-state index is 11.3. The Morgan fingerprint density at radius 3 is 2.75 bits per heavy atom. The summed E-state index contributed by atoms with van der Waals surface area (Å²) in [6, 6.07) is 0. The number of amides is 1. The number of nitrogens with zero attached hydrogens (tertiary/aromatic N) is 1. The molecule has 0 rings (SSSR count). The number of aliphatic hydroxyl groups excluding tert-OH is 1. The summed E-state index contributed by atoms with van der Waals surface area (Å²) in [5.41, 5.74) is 0. The Balaban J connectivity index is 4.08. The fraction of sp³-hybridized carbons (Fsp3) is 0.625. The standard InChI is InChI=1S/C8H14ClNO2/c1-3-4-10(5-6-11)8(12)7(2)9/h3,7,11H,1,4-6H2,2H3. The van der Waals surface area contributed by atoms with E-state index in [0.29, 0.717) is 13.1 Å². The van der Waals surface area contributed by atoms with Crippen molar-refractivity contribution in [1.29, 1.82) is 0 Å². The summed E-state index contributed by atoms with van der Waals surface area (Å²) in [7, 11) is 0. The number of halogens is 1. The van der Waals surface area contributed by atoms with Gasteiger partial charge in [0.15, 0.2) is 0 Å². The van der Waals surface area contributed by atoms with Gasteiger partial charge in [-0.15, -0.1) is 18.2 Å². The Hall–Kier alpha value is -0.540. The largest absolute Gasteiger partial charge is 0.395 e. The first-order valence-electron chi connectivity index (χ1n) is 3.78. The first-order chi connectivity index (χ1) is 5.63. The molecule has 0 aliphatic heterocycles. The lowest BCUT2D eigenvalue weighted by Crippen LogP contribution is -2.37. The van der Waals surface area contributed by atoms with E-state index in [-0.39, 0.29) is 12.5 Å².